The molecule has 2 aromatic carbocycles. The number of ether oxygens (including phenoxy) is 1. The van der Waals surface area contributed by atoms with Crippen LogP contribution in [0.3, 0.4) is 0 Å². The Hall–Kier alpha value is -3.03. The van der Waals surface area contributed by atoms with E-state index >= 15 is 0 Å². The first kappa shape index (κ1) is 20.3. The summed E-state index contributed by atoms with van der Waals surface area (Å²) in [6, 6.07) is 13.6. The molecule has 0 spiro atoms. The fourth-order valence-corrected chi connectivity index (χ4v) is 3.84. The molecule has 0 aliphatic carbocycles. The Bertz CT molecular complexity index is 1130. The van der Waals surface area contributed by atoms with Crippen molar-refractivity contribution in [2.75, 3.05) is 32.8 Å². The van der Waals surface area contributed by atoms with Gasteiger partial charge in [0.2, 0.25) is 0 Å². The zero-order valence-corrected chi connectivity index (χ0v) is 17.4. The maximum atomic E-state index is 12.4. The summed E-state index contributed by atoms with van der Waals surface area (Å²) in [4.78, 5) is 26.1. The number of hydrogen-bond acceptors (Lipinski definition) is 4. The molecule has 30 heavy (non-hydrogen) atoms. The van der Waals surface area contributed by atoms with Gasteiger partial charge in [-0.2, -0.15) is 5.10 Å². The monoisotopic (exact) mass is 407 g/mol. The van der Waals surface area contributed by atoms with Gasteiger partial charge in [-0.05, 0) is 30.2 Å². The molecule has 4 rings (SSSR count). The average molecular weight is 407 g/mol. The quantitative estimate of drug-likeness (QED) is 0.644. The molecule has 7 heteroatoms. The van der Waals surface area contributed by atoms with Crippen molar-refractivity contribution in [3.05, 3.63) is 63.9 Å². The summed E-state index contributed by atoms with van der Waals surface area (Å²) in [7, 11) is 1.67. The lowest BCUT2D eigenvalue weighted by Gasteiger charge is -2.23. The van der Waals surface area contributed by atoms with Gasteiger partial charge in [-0.15, -0.1) is 0 Å². The minimum absolute atomic E-state index is 0.0439. The molecule has 7 nitrogen and oxygen atoms in total. The van der Waals surface area contributed by atoms with E-state index in [1.807, 2.05) is 43.3 Å². The summed E-state index contributed by atoms with van der Waals surface area (Å²) in [5, 5.41) is 9.04. The van der Waals surface area contributed by atoms with Crippen LogP contribution in [0.4, 0.5) is 0 Å². The number of hydrogen-bond donors (Lipinski definition) is 2. The Morgan fingerprint density at radius 3 is 2.67 bits per heavy atom. The highest BCUT2D eigenvalue weighted by atomic mass is 16.5. The normalized spacial score (nSPS) is 14.7. The fourth-order valence-electron chi connectivity index (χ4n) is 3.84. The third kappa shape index (κ3) is 4.27. The number of nitrogens with one attached hydrogen (secondary N) is 2. The molecule has 1 saturated heterocycles. The van der Waals surface area contributed by atoms with E-state index in [0.29, 0.717) is 31.7 Å². The van der Waals surface area contributed by atoms with Crippen LogP contribution in [0, 0.1) is 6.92 Å². The summed E-state index contributed by atoms with van der Waals surface area (Å²) >= 11 is 0. The van der Waals surface area contributed by atoms with Gasteiger partial charge in [0.1, 0.15) is 13.1 Å². The maximum Gasteiger partial charge on any atom is 0.275 e. The van der Waals surface area contributed by atoms with Crippen molar-refractivity contribution in [1.29, 1.82) is 0 Å². The number of rotatable bonds is 5. The zero-order chi connectivity index (χ0) is 21.1. The van der Waals surface area contributed by atoms with E-state index < -0.39 is 0 Å². The zero-order valence-electron chi connectivity index (χ0n) is 17.4. The largest absolute Gasteiger partial charge is 0.370 e. The van der Waals surface area contributed by atoms with Crippen molar-refractivity contribution >= 4 is 16.7 Å². The van der Waals surface area contributed by atoms with Crippen molar-refractivity contribution < 1.29 is 14.4 Å². The summed E-state index contributed by atoms with van der Waals surface area (Å²) in [6.07, 6.45) is 0. The Morgan fingerprint density at radius 2 is 1.90 bits per heavy atom. The van der Waals surface area contributed by atoms with Crippen LogP contribution in [0.25, 0.3) is 22.0 Å². The number of quaternary nitrogens is 1. The molecule has 1 amide bonds. The van der Waals surface area contributed by atoms with Gasteiger partial charge in [0, 0.05) is 24.5 Å². The minimum atomic E-state index is -0.112. The van der Waals surface area contributed by atoms with Crippen LogP contribution in [-0.2, 0) is 23.1 Å². The molecule has 1 aliphatic heterocycles. The van der Waals surface area contributed by atoms with Crippen LogP contribution in [0.15, 0.2) is 47.3 Å². The smallest absolute Gasteiger partial charge is 0.275 e. The van der Waals surface area contributed by atoms with Crippen molar-refractivity contribution in [3.8, 4) is 11.3 Å². The molecule has 0 atom stereocenters. The van der Waals surface area contributed by atoms with Gasteiger partial charge in [-0.25, -0.2) is 4.68 Å². The predicted molar refractivity (Wildman–Crippen MR) is 115 cm³/mol. The molecule has 1 aromatic heterocycles. The van der Waals surface area contributed by atoms with E-state index in [2.05, 4.69) is 16.5 Å². The number of benzene rings is 2. The topological polar surface area (TPSA) is 77.7 Å². The highest BCUT2D eigenvalue weighted by Gasteiger charge is 2.18. The molecular formula is C23H27N4O3+. The van der Waals surface area contributed by atoms with Crippen LogP contribution in [0.1, 0.15) is 11.1 Å². The number of fused-ring (bicyclic) bond motifs is 1. The Morgan fingerprint density at radius 1 is 1.17 bits per heavy atom. The Kier molecular flexibility index (Phi) is 5.92. The second kappa shape index (κ2) is 8.77. The first-order chi connectivity index (χ1) is 14.5. The second-order valence-corrected chi connectivity index (χ2v) is 7.78. The number of aromatic nitrogens is 2. The maximum absolute atomic E-state index is 12.4. The Labute approximate surface area is 175 Å². The van der Waals surface area contributed by atoms with Crippen molar-refractivity contribution in [2.24, 2.45) is 7.05 Å². The van der Waals surface area contributed by atoms with Crippen LogP contribution in [-0.4, -0.2) is 48.5 Å². The fraction of sp³-hybridized carbons (Fsp3) is 0.348. The van der Waals surface area contributed by atoms with E-state index in [9.17, 15) is 9.59 Å². The van der Waals surface area contributed by atoms with Gasteiger partial charge in [0.25, 0.3) is 11.5 Å². The number of aryl methyl sites for hydroxylation is 2. The minimum Gasteiger partial charge on any atom is -0.370 e. The average Bonchev–Trinajstić information content (AvgIpc) is 2.76. The third-order valence-corrected chi connectivity index (χ3v) is 5.67. The van der Waals surface area contributed by atoms with Crippen LogP contribution >= 0.6 is 0 Å². The second-order valence-electron chi connectivity index (χ2n) is 7.78. The van der Waals surface area contributed by atoms with Crippen LogP contribution in [0.2, 0.25) is 0 Å². The van der Waals surface area contributed by atoms with Gasteiger partial charge < -0.3 is 15.0 Å². The highest BCUT2D eigenvalue weighted by Crippen LogP contribution is 2.26. The highest BCUT2D eigenvalue weighted by molar-refractivity contribution is 5.93. The van der Waals surface area contributed by atoms with E-state index in [4.69, 9.17) is 4.74 Å². The Balaban J connectivity index is 1.57. The molecule has 2 heterocycles. The third-order valence-electron chi connectivity index (χ3n) is 5.67. The van der Waals surface area contributed by atoms with Crippen LogP contribution in [0.5, 0.6) is 0 Å². The number of morpholine rings is 1. The summed E-state index contributed by atoms with van der Waals surface area (Å²) in [5.74, 6) is 0.0439. The SMILES string of the molecule is Cc1ccc(-c2nn(C)c(=O)c3ccccc23)cc1CNC(=O)C[NH+]1CCOCC1. The van der Waals surface area contributed by atoms with E-state index in [-0.39, 0.29) is 11.5 Å². The lowest BCUT2D eigenvalue weighted by molar-refractivity contribution is -0.900. The molecule has 156 valence electrons. The van der Waals surface area contributed by atoms with Crippen molar-refractivity contribution in [3.63, 3.8) is 0 Å². The van der Waals surface area contributed by atoms with Crippen molar-refractivity contribution in [1.82, 2.24) is 15.1 Å². The van der Waals surface area contributed by atoms with E-state index in [1.54, 1.807) is 7.05 Å². The lowest BCUT2D eigenvalue weighted by Crippen LogP contribution is -3.15. The summed E-state index contributed by atoms with van der Waals surface area (Å²) in [5.41, 5.74) is 3.72. The molecule has 1 aliphatic rings. The van der Waals surface area contributed by atoms with Gasteiger partial charge in [0.15, 0.2) is 6.54 Å². The van der Waals surface area contributed by atoms with E-state index in [0.717, 1.165) is 40.9 Å². The van der Waals surface area contributed by atoms with Gasteiger partial charge >= 0.3 is 0 Å². The molecule has 0 bridgehead atoms. The molecule has 0 unspecified atom stereocenters. The van der Waals surface area contributed by atoms with Crippen LogP contribution < -0.4 is 15.8 Å². The molecule has 2 N–H and O–H groups in total. The number of amides is 1. The molecule has 0 saturated carbocycles. The molecular weight excluding hydrogens is 380 g/mol. The van der Waals surface area contributed by atoms with Gasteiger partial charge in [-0.1, -0.05) is 30.3 Å². The molecule has 1 fully saturated rings. The molecule has 0 radical (unpaired) electrons. The van der Waals surface area contributed by atoms with Gasteiger partial charge in [-0.3, -0.25) is 9.59 Å². The summed E-state index contributed by atoms with van der Waals surface area (Å²) in [6.45, 7) is 6.13. The predicted octanol–water partition coefficient (Wildman–Crippen LogP) is 0.440. The van der Waals surface area contributed by atoms with E-state index in [1.165, 1.54) is 9.58 Å². The first-order valence-electron chi connectivity index (χ1n) is 10.3. The number of nitrogens with zero attached hydrogens (tertiary/aromatic N) is 2. The number of carbonyl (C=O) groups excluding carboxylic acids is 1. The lowest BCUT2D eigenvalue weighted by atomic mass is 10.00. The standard InChI is InChI=1S/C23H26N4O3/c1-16-7-8-17(22-19-5-3-4-6-20(19)23(29)26(2)25-22)13-18(16)14-24-21(28)15-27-9-11-30-12-10-27/h3-8,13H,9-12,14-15H2,1-2H3,(H,24,28)/p+1. The first-order valence-corrected chi connectivity index (χ1v) is 10.3. The van der Waals surface area contributed by atoms with Gasteiger partial charge in [0.05, 0.1) is 24.3 Å². The van der Waals surface area contributed by atoms with Crippen molar-refractivity contribution in [2.45, 2.75) is 13.5 Å². The number of carbonyl (C=O) groups is 1. The molecule has 3 aromatic rings. The summed E-state index contributed by atoms with van der Waals surface area (Å²) < 4.78 is 6.73.